The number of aromatic nitrogens is 4. The Labute approximate surface area is 174 Å². The Morgan fingerprint density at radius 3 is 2.96 bits per heavy atom. The van der Waals surface area contributed by atoms with Crippen LogP contribution in [0.15, 0.2) is 37.9 Å². The van der Waals surface area contributed by atoms with Gasteiger partial charge in [-0.15, -0.1) is 0 Å². The van der Waals surface area contributed by atoms with E-state index in [1.807, 2.05) is 0 Å². The topological polar surface area (TPSA) is 78.9 Å². The van der Waals surface area contributed by atoms with Gasteiger partial charge in [0, 0.05) is 15.9 Å². The van der Waals surface area contributed by atoms with Crippen LogP contribution in [0, 0.1) is 5.41 Å². The van der Waals surface area contributed by atoms with Crippen LogP contribution in [-0.4, -0.2) is 25.5 Å². The van der Waals surface area contributed by atoms with Crippen LogP contribution in [0.3, 0.4) is 0 Å². The van der Waals surface area contributed by atoms with E-state index in [1.54, 1.807) is 23.5 Å². The zero-order valence-electron chi connectivity index (χ0n) is 15.3. The third-order valence-corrected chi connectivity index (χ3v) is 7.53. The van der Waals surface area contributed by atoms with Crippen LogP contribution in [0.4, 0.5) is 5.82 Å². The van der Waals surface area contributed by atoms with E-state index in [9.17, 15) is 0 Å². The molecule has 27 heavy (non-hydrogen) atoms. The second kappa shape index (κ2) is 7.18. The van der Waals surface area contributed by atoms with E-state index in [0.29, 0.717) is 17.3 Å². The van der Waals surface area contributed by atoms with Gasteiger partial charge in [-0.3, -0.25) is 0 Å². The smallest absolute Gasteiger partial charge is 0.175 e. The highest BCUT2D eigenvalue weighted by molar-refractivity contribution is 9.10. The number of nitrogens with zero attached hydrogens (tertiary/aromatic N) is 4. The zero-order chi connectivity index (χ0) is 19.2. The fraction of sp³-hybridized carbons (Fsp3) is 0.389. The minimum atomic E-state index is 0.109. The Bertz CT molecular complexity index is 1020. The second-order valence-electron chi connectivity index (χ2n) is 7.17. The summed E-state index contributed by atoms with van der Waals surface area (Å²) < 4.78 is 8.87. The van der Waals surface area contributed by atoms with Crippen LogP contribution in [-0.2, 0) is 6.54 Å². The molecule has 2 N–H and O–H groups in total. The van der Waals surface area contributed by atoms with Gasteiger partial charge in [0.15, 0.2) is 22.1 Å². The Kier molecular flexibility index (Phi) is 5.02. The molecule has 0 saturated heterocycles. The molecule has 1 aliphatic rings. The SMILES string of the molecule is CCC(C)(C)Cn1c(Sc2cc3c(cc2Br)SCO3)nc2c(N)ncnc21. The average molecular weight is 466 g/mol. The average Bonchev–Trinajstić information content (AvgIpc) is 3.21. The molecule has 3 aromatic rings. The van der Waals surface area contributed by atoms with Gasteiger partial charge >= 0.3 is 0 Å². The van der Waals surface area contributed by atoms with Crippen LogP contribution in [0.25, 0.3) is 11.2 Å². The van der Waals surface area contributed by atoms with Crippen molar-refractivity contribution in [3.8, 4) is 5.75 Å². The number of anilines is 1. The molecule has 4 rings (SSSR count). The van der Waals surface area contributed by atoms with Gasteiger partial charge in [0.05, 0.1) is 4.90 Å². The van der Waals surface area contributed by atoms with Gasteiger partial charge < -0.3 is 15.0 Å². The predicted octanol–water partition coefficient (Wildman–Crippen LogP) is 5.20. The predicted molar refractivity (Wildman–Crippen MR) is 113 cm³/mol. The number of thioether (sulfide) groups is 1. The van der Waals surface area contributed by atoms with Gasteiger partial charge in [0.25, 0.3) is 0 Å². The lowest BCUT2D eigenvalue weighted by molar-refractivity contribution is 0.288. The van der Waals surface area contributed by atoms with Crippen molar-refractivity contribution in [1.82, 2.24) is 19.5 Å². The maximum atomic E-state index is 6.06. The third-order valence-electron chi connectivity index (χ3n) is 4.70. The van der Waals surface area contributed by atoms with Crippen LogP contribution in [0.2, 0.25) is 0 Å². The summed E-state index contributed by atoms with van der Waals surface area (Å²) in [6, 6.07) is 4.17. The first-order valence-corrected chi connectivity index (χ1v) is 11.2. The number of ether oxygens (including phenoxy) is 1. The number of halogens is 1. The van der Waals surface area contributed by atoms with Crippen LogP contribution >= 0.6 is 39.5 Å². The maximum Gasteiger partial charge on any atom is 0.175 e. The molecule has 6 nitrogen and oxygen atoms in total. The third kappa shape index (κ3) is 3.64. The van der Waals surface area contributed by atoms with Gasteiger partial charge in [0.1, 0.15) is 18.0 Å². The highest BCUT2D eigenvalue weighted by Gasteiger charge is 2.24. The van der Waals surface area contributed by atoms with Gasteiger partial charge in [-0.2, -0.15) is 0 Å². The Balaban J connectivity index is 1.80. The molecule has 0 bridgehead atoms. The van der Waals surface area contributed by atoms with Crippen molar-refractivity contribution >= 4 is 56.4 Å². The molecule has 9 heteroatoms. The maximum absolute atomic E-state index is 6.06. The summed E-state index contributed by atoms with van der Waals surface area (Å²) in [5.74, 6) is 1.98. The van der Waals surface area contributed by atoms with Crippen molar-refractivity contribution in [3.63, 3.8) is 0 Å². The van der Waals surface area contributed by atoms with Crippen molar-refractivity contribution in [2.45, 2.75) is 48.7 Å². The number of nitrogen functional groups attached to an aromatic ring is 1. The minimum Gasteiger partial charge on any atom is -0.481 e. The van der Waals surface area contributed by atoms with Gasteiger partial charge in [-0.05, 0) is 39.9 Å². The van der Waals surface area contributed by atoms with Crippen LogP contribution in [0.5, 0.6) is 5.75 Å². The molecule has 0 radical (unpaired) electrons. The monoisotopic (exact) mass is 465 g/mol. The second-order valence-corrected chi connectivity index (χ2v) is 10.00. The van der Waals surface area contributed by atoms with E-state index in [2.05, 4.69) is 63.4 Å². The quantitative estimate of drug-likeness (QED) is 0.554. The summed E-state index contributed by atoms with van der Waals surface area (Å²) >= 11 is 6.97. The van der Waals surface area contributed by atoms with E-state index < -0.39 is 0 Å². The molecule has 1 aromatic carbocycles. The van der Waals surface area contributed by atoms with Gasteiger partial charge in [0.2, 0.25) is 0 Å². The van der Waals surface area contributed by atoms with E-state index in [-0.39, 0.29) is 5.41 Å². The number of hydrogen-bond acceptors (Lipinski definition) is 7. The van der Waals surface area contributed by atoms with Crippen molar-refractivity contribution in [2.24, 2.45) is 5.41 Å². The van der Waals surface area contributed by atoms with Crippen LogP contribution in [0.1, 0.15) is 27.2 Å². The lowest BCUT2D eigenvalue weighted by atomic mass is 9.90. The summed E-state index contributed by atoms with van der Waals surface area (Å²) in [6.07, 6.45) is 2.55. The summed E-state index contributed by atoms with van der Waals surface area (Å²) in [5, 5.41) is 0.852. The molecule has 0 fully saturated rings. The standard InChI is InChI=1S/C18H20BrN5OS2/c1-4-18(2,3)7-24-16-14(15(20)21-8-22-16)23-17(24)27-12-6-11-13(5-10(12)19)26-9-25-11/h5-6,8H,4,7,9H2,1-3H3,(H2,20,21,22). The zero-order valence-corrected chi connectivity index (χ0v) is 18.5. The number of nitrogens with two attached hydrogens (primary N) is 1. The Morgan fingerprint density at radius 1 is 1.37 bits per heavy atom. The first-order valence-electron chi connectivity index (χ1n) is 8.61. The van der Waals surface area contributed by atoms with Crippen molar-refractivity contribution in [3.05, 3.63) is 22.9 Å². The summed E-state index contributed by atoms with van der Waals surface area (Å²) in [6.45, 7) is 7.48. The van der Waals surface area contributed by atoms with Crippen molar-refractivity contribution in [2.75, 3.05) is 11.7 Å². The number of rotatable bonds is 5. The van der Waals surface area contributed by atoms with Crippen molar-refractivity contribution in [1.29, 1.82) is 0 Å². The summed E-state index contributed by atoms with van der Waals surface area (Å²) in [7, 11) is 0. The molecular weight excluding hydrogens is 446 g/mol. The molecule has 142 valence electrons. The first-order chi connectivity index (χ1) is 12.9. The van der Waals surface area contributed by atoms with Crippen LogP contribution < -0.4 is 10.5 Å². The molecular formula is C18H20BrN5OS2. The van der Waals surface area contributed by atoms with Crippen molar-refractivity contribution < 1.29 is 4.74 Å². The Morgan fingerprint density at radius 2 is 2.19 bits per heavy atom. The molecule has 2 aromatic heterocycles. The van der Waals surface area contributed by atoms with Gasteiger partial charge in [-0.25, -0.2) is 15.0 Å². The highest BCUT2D eigenvalue weighted by atomic mass is 79.9. The molecule has 0 unspecified atom stereocenters. The number of benzene rings is 1. The Hall–Kier alpha value is -1.45. The molecule has 0 aliphatic carbocycles. The lowest BCUT2D eigenvalue weighted by Crippen LogP contribution is -2.19. The molecule has 3 heterocycles. The fourth-order valence-electron chi connectivity index (χ4n) is 2.77. The molecule has 0 saturated carbocycles. The number of hydrogen-bond donors (Lipinski definition) is 1. The fourth-order valence-corrected chi connectivity index (χ4v) is 5.20. The first kappa shape index (κ1) is 18.9. The van der Waals surface area contributed by atoms with E-state index in [0.717, 1.165) is 43.8 Å². The van der Waals surface area contributed by atoms with E-state index >= 15 is 0 Å². The molecule has 0 spiro atoms. The molecule has 1 aliphatic heterocycles. The molecule has 0 atom stereocenters. The highest BCUT2D eigenvalue weighted by Crippen LogP contribution is 2.44. The summed E-state index contributed by atoms with van der Waals surface area (Å²) in [5.41, 5.74) is 7.60. The molecule has 0 amide bonds. The summed E-state index contributed by atoms with van der Waals surface area (Å²) in [4.78, 5) is 15.5. The van der Waals surface area contributed by atoms with E-state index in [4.69, 9.17) is 15.5 Å². The largest absolute Gasteiger partial charge is 0.481 e. The number of imidazole rings is 1. The van der Waals surface area contributed by atoms with Gasteiger partial charge in [-0.1, -0.05) is 44.3 Å². The minimum absolute atomic E-state index is 0.109. The number of fused-ring (bicyclic) bond motifs is 2. The normalized spacial score (nSPS) is 13.8. The van der Waals surface area contributed by atoms with E-state index in [1.165, 1.54) is 6.33 Å². The lowest BCUT2D eigenvalue weighted by Gasteiger charge is -2.24.